The average molecular weight is 313 g/mol. The molecule has 0 bridgehead atoms. The van der Waals surface area contributed by atoms with Gasteiger partial charge in [0.2, 0.25) is 0 Å². The van der Waals surface area contributed by atoms with E-state index in [9.17, 15) is 4.79 Å². The molecule has 0 amide bonds. The molecule has 2 aromatic heterocycles. The Morgan fingerprint density at radius 1 is 1.13 bits per heavy atom. The molecule has 0 unspecified atom stereocenters. The van der Waals surface area contributed by atoms with E-state index in [0.29, 0.717) is 5.92 Å². The molecule has 0 atom stereocenters. The summed E-state index contributed by atoms with van der Waals surface area (Å²) in [7, 11) is 0. The lowest BCUT2D eigenvalue weighted by Crippen LogP contribution is -2.36. The van der Waals surface area contributed by atoms with E-state index < -0.39 is 0 Å². The first-order valence-corrected chi connectivity index (χ1v) is 8.15. The Morgan fingerprint density at radius 3 is 2.65 bits per heavy atom. The summed E-state index contributed by atoms with van der Waals surface area (Å²) in [5.41, 5.74) is 2.87. The molecule has 0 aliphatic carbocycles. The van der Waals surface area contributed by atoms with Gasteiger partial charge in [-0.15, -0.1) is 0 Å². The molecule has 6 heteroatoms. The van der Waals surface area contributed by atoms with Crippen LogP contribution >= 0.6 is 0 Å². The highest BCUT2D eigenvalue weighted by molar-refractivity contribution is 5.01. The summed E-state index contributed by atoms with van der Waals surface area (Å²) in [5, 5.41) is 4.34. The van der Waals surface area contributed by atoms with Crippen molar-refractivity contribution in [1.29, 1.82) is 0 Å². The third kappa shape index (κ3) is 4.22. The normalized spacial score (nSPS) is 16.6. The second-order valence-electron chi connectivity index (χ2n) is 6.37. The average Bonchev–Trinajstić information content (AvgIpc) is 2.53. The van der Waals surface area contributed by atoms with Crippen LogP contribution in [0.1, 0.15) is 29.9 Å². The highest BCUT2D eigenvalue weighted by Gasteiger charge is 2.20. The lowest BCUT2D eigenvalue weighted by molar-refractivity contribution is 0.161. The summed E-state index contributed by atoms with van der Waals surface area (Å²) >= 11 is 0. The molecular weight excluding hydrogens is 290 g/mol. The molecule has 3 heterocycles. The van der Waals surface area contributed by atoms with E-state index in [1.54, 1.807) is 23.0 Å². The van der Waals surface area contributed by atoms with Crippen LogP contribution in [0.4, 0.5) is 0 Å². The largest absolute Gasteiger partial charge is 0.297 e. The first-order chi connectivity index (χ1) is 11.1. The molecule has 0 radical (unpaired) electrons. The maximum atomic E-state index is 11.9. The van der Waals surface area contributed by atoms with E-state index in [0.717, 1.165) is 56.1 Å². The third-order valence-corrected chi connectivity index (χ3v) is 4.33. The van der Waals surface area contributed by atoms with Gasteiger partial charge in [-0.1, -0.05) is 0 Å². The van der Waals surface area contributed by atoms with Gasteiger partial charge in [0, 0.05) is 31.5 Å². The third-order valence-electron chi connectivity index (χ3n) is 4.33. The number of likely N-dealkylation sites (tertiary alicyclic amines) is 1. The van der Waals surface area contributed by atoms with Gasteiger partial charge in [0.15, 0.2) is 0 Å². The van der Waals surface area contributed by atoms with Crippen LogP contribution in [0.15, 0.2) is 29.3 Å². The number of piperidine rings is 1. The molecule has 6 nitrogen and oxygen atoms in total. The fourth-order valence-electron chi connectivity index (χ4n) is 3.07. The fourth-order valence-corrected chi connectivity index (χ4v) is 3.07. The Morgan fingerprint density at radius 2 is 1.91 bits per heavy atom. The summed E-state index contributed by atoms with van der Waals surface area (Å²) in [6.45, 7) is 7.51. The minimum atomic E-state index is -0.00642. The molecule has 2 aromatic rings. The van der Waals surface area contributed by atoms with Crippen LogP contribution in [0.25, 0.3) is 0 Å². The standard InChI is InChI=1S/C17H23N5O/c1-13-3-4-17(23)22(20-13)11-15-5-7-21(8-6-15)12-16-10-18-9-14(2)19-16/h3-4,9-10,15H,5-8,11-12H2,1-2H3. The highest BCUT2D eigenvalue weighted by atomic mass is 16.1. The van der Waals surface area contributed by atoms with Gasteiger partial charge in [0.05, 0.1) is 17.1 Å². The van der Waals surface area contributed by atoms with Gasteiger partial charge in [0.25, 0.3) is 5.56 Å². The van der Waals surface area contributed by atoms with Crippen molar-refractivity contribution < 1.29 is 0 Å². The Kier molecular flexibility index (Phi) is 4.81. The maximum Gasteiger partial charge on any atom is 0.266 e. The SMILES string of the molecule is Cc1cncc(CN2CCC(Cn3nc(C)ccc3=O)CC2)n1. The van der Waals surface area contributed by atoms with Gasteiger partial charge < -0.3 is 0 Å². The number of aromatic nitrogens is 4. The summed E-state index contributed by atoms with van der Waals surface area (Å²) in [6, 6.07) is 3.37. The van der Waals surface area contributed by atoms with Crippen molar-refractivity contribution in [3.05, 3.63) is 52.0 Å². The van der Waals surface area contributed by atoms with E-state index in [2.05, 4.69) is 20.0 Å². The number of aryl methyl sites for hydroxylation is 2. The second kappa shape index (κ2) is 7.00. The summed E-state index contributed by atoms with van der Waals surface area (Å²) < 4.78 is 1.61. The van der Waals surface area contributed by atoms with Crippen LogP contribution in [0.3, 0.4) is 0 Å². The van der Waals surface area contributed by atoms with Gasteiger partial charge in [-0.2, -0.15) is 5.10 Å². The highest BCUT2D eigenvalue weighted by Crippen LogP contribution is 2.19. The minimum absolute atomic E-state index is 0.00642. The zero-order chi connectivity index (χ0) is 16.2. The monoisotopic (exact) mass is 313 g/mol. The van der Waals surface area contributed by atoms with Gasteiger partial charge in [-0.3, -0.25) is 19.7 Å². The Bertz CT molecular complexity index is 719. The van der Waals surface area contributed by atoms with E-state index >= 15 is 0 Å². The number of nitrogens with zero attached hydrogens (tertiary/aromatic N) is 5. The molecule has 1 fully saturated rings. The molecule has 0 N–H and O–H groups in total. The number of hydrogen-bond acceptors (Lipinski definition) is 5. The molecule has 0 aromatic carbocycles. The van der Waals surface area contributed by atoms with Crippen LogP contribution in [0.5, 0.6) is 0 Å². The Balaban J connectivity index is 1.54. The van der Waals surface area contributed by atoms with Crippen LogP contribution < -0.4 is 5.56 Å². The predicted octanol–water partition coefficient (Wildman–Crippen LogP) is 1.56. The van der Waals surface area contributed by atoms with Crippen molar-refractivity contribution >= 4 is 0 Å². The fraction of sp³-hybridized carbons (Fsp3) is 0.529. The first kappa shape index (κ1) is 15.8. The van der Waals surface area contributed by atoms with E-state index in [1.807, 2.05) is 20.0 Å². The number of hydrogen-bond donors (Lipinski definition) is 0. The molecule has 1 saturated heterocycles. The van der Waals surface area contributed by atoms with Crippen molar-refractivity contribution in [2.24, 2.45) is 5.92 Å². The second-order valence-corrected chi connectivity index (χ2v) is 6.37. The molecule has 3 rings (SSSR count). The van der Waals surface area contributed by atoms with Gasteiger partial charge in [-0.05, 0) is 51.8 Å². The van der Waals surface area contributed by atoms with Crippen LogP contribution in [0.2, 0.25) is 0 Å². The lowest BCUT2D eigenvalue weighted by Gasteiger charge is -2.31. The van der Waals surface area contributed by atoms with E-state index in [-0.39, 0.29) is 5.56 Å². The topological polar surface area (TPSA) is 63.9 Å². The van der Waals surface area contributed by atoms with Crippen molar-refractivity contribution in [3.8, 4) is 0 Å². The molecule has 1 aliphatic heterocycles. The van der Waals surface area contributed by atoms with Crippen LogP contribution in [-0.2, 0) is 13.1 Å². The molecular formula is C17H23N5O. The van der Waals surface area contributed by atoms with Crippen molar-refractivity contribution in [3.63, 3.8) is 0 Å². The zero-order valence-electron chi connectivity index (χ0n) is 13.8. The maximum absolute atomic E-state index is 11.9. The van der Waals surface area contributed by atoms with Crippen LogP contribution in [-0.4, -0.2) is 37.7 Å². The van der Waals surface area contributed by atoms with Gasteiger partial charge >= 0.3 is 0 Å². The zero-order valence-corrected chi connectivity index (χ0v) is 13.8. The van der Waals surface area contributed by atoms with E-state index in [1.165, 1.54) is 0 Å². The van der Waals surface area contributed by atoms with Crippen LogP contribution in [0, 0.1) is 19.8 Å². The quantitative estimate of drug-likeness (QED) is 0.857. The molecule has 0 saturated carbocycles. The predicted molar refractivity (Wildman–Crippen MR) is 88.0 cm³/mol. The molecule has 23 heavy (non-hydrogen) atoms. The Hall–Kier alpha value is -2.08. The summed E-state index contributed by atoms with van der Waals surface area (Å²) in [5.74, 6) is 0.516. The minimum Gasteiger partial charge on any atom is -0.297 e. The van der Waals surface area contributed by atoms with Gasteiger partial charge in [0.1, 0.15) is 0 Å². The molecule has 122 valence electrons. The summed E-state index contributed by atoms with van der Waals surface area (Å²) in [6.07, 6.45) is 5.79. The smallest absolute Gasteiger partial charge is 0.266 e. The summed E-state index contributed by atoms with van der Waals surface area (Å²) in [4.78, 5) is 23.0. The Labute approximate surface area is 136 Å². The first-order valence-electron chi connectivity index (χ1n) is 8.15. The van der Waals surface area contributed by atoms with Crippen molar-refractivity contribution in [1.82, 2.24) is 24.6 Å². The lowest BCUT2D eigenvalue weighted by atomic mass is 9.97. The molecule has 0 spiro atoms. The van der Waals surface area contributed by atoms with Crippen molar-refractivity contribution in [2.45, 2.75) is 39.8 Å². The van der Waals surface area contributed by atoms with Gasteiger partial charge in [-0.25, -0.2) is 4.68 Å². The van der Waals surface area contributed by atoms with E-state index in [4.69, 9.17) is 0 Å². The number of rotatable bonds is 4. The van der Waals surface area contributed by atoms with Crippen molar-refractivity contribution in [2.75, 3.05) is 13.1 Å². The molecule has 1 aliphatic rings.